The van der Waals surface area contributed by atoms with E-state index in [1.807, 2.05) is 0 Å². The molecular formula is C23H25F3N6O2. The zero-order chi connectivity index (χ0) is 24.4. The molecule has 2 aliphatic heterocycles. The number of aromatic hydroxyl groups is 1. The van der Waals surface area contributed by atoms with Crippen molar-refractivity contribution in [3.05, 3.63) is 40.2 Å². The molecule has 3 aromatic rings. The van der Waals surface area contributed by atoms with Gasteiger partial charge in [0.15, 0.2) is 11.6 Å². The van der Waals surface area contributed by atoms with Crippen LogP contribution in [0.2, 0.25) is 0 Å². The Morgan fingerprint density at radius 1 is 1.26 bits per heavy atom. The third-order valence-electron chi connectivity index (χ3n) is 7.12. The van der Waals surface area contributed by atoms with Crippen LogP contribution in [0, 0.1) is 12.7 Å². The predicted molar refractivity (Wildman–Crippen MR) is 121 cm³/mol. The van der Waals surface area contributed by atoms with Gasteiger partial charge in [0, 0.05) is 37.5 Å². The number of nitrogens with zero attached hydrogens (tertiary/aromatic N) is 5. The third kappa shape index (κ3) is 3.49. The van der Waals surface area contributed by atoms with Crippen LogP contribution in [-0.2, 0) is 6.54 Å². The van der Waals surface area contributed by atoms with Crippen LogP contribution in [0.15, 0.2) is 23.1 Å². The highest BCUT2D eigenvalue weighted by Gasteiger charge is 2.53. The quantitative estimate of drug-likeness (QED) is 0.600. The van der Waals surface area contributed by atoms with Crippen molar-refractivity contribution < 1.29 is 18.3 Å². The second-order valence-electron chi connectivity index (χ2n) is 9.12. The zero-order valence-corrected chi connectivity index (χ0v) is 19.0. The fourth-order valence-corrected chi connectivity index (χ4v) is 5.20. The van der Waals surface area contributed by atoms with Crippen molar-refractivity contribution in [3.63, 3.8) is 0 Å². The highest BCUT2D eigenvalue weighted by atomic mass is 19.3. The molecule has 2 saturated heterocycles. The molecule has 2 bridgehead atoms. The van der Waals surface area contributed by atoms with Gasteiger partial charge in [-0.15, -0.1) is 10.2 Å². The first-order chi connectivity index (χ1) is 16.1. The van der Waals surface area contributed by atoms with Gasteiger partial charge in [-0.1, -0.05) is 0 Å². The Hall–Kier alpha value is -3.21. The molecule has 3 atom stereocenters. The lowest BCUT2D eigenvalue weighted by atomic mass is 9.98. The maximum absolute atomic E-state index is 15.0. The molecule has 0 amide bonds. The molecular weight excluding hydrogens is 449 g/mol. The van der Waals surface area contributed by atoms with E-state index in [4.69, 9.17) is 0 Å². The summed E-state index contributed by atoms with van der Waals surface area (Å²) >= 11 is 0. The van der Waals surface area contributed by atoms with Gasteiger partial charge < -0.3 is 19.9 Å². The average molecular weight is 474 g/mol. The molecule has 2 fully saturated rings. The molecule has 0 spiro atoms. The van der Waals surface area contributed by atoms with Gasteiger partial charge in [0.2, 0.25) is 0 Å². The van der Waals surface area contributed by atoms with Crippen molar-refractivity contribution in [1.82, 2.24) is 25.1 Å². The van der Waals surface area contributed by atoms with Crippen molar-refractivity contribution in [2.24, 2.45) is 0 Å². The number of phenols is 1. The maximum Gasteiger partial charge on any atom is 0.264 e. The lowest BCUT2D eigenvalue weighted by Crippen LogP contribution is -2.50. The number of hydrogen-bond donors (Lipinski definition) is 2. The Morgan fingerprint density at radius 2 is 2.03 bits per heavy atom. The van der Waals surface area contributed by atoms with E-state index in [2.05, 4.69) is 20.5 Å². The second kappa shape index (κ2) is 7.93. The summed E-state index contributed by atoms with van der Waals surface area (Å²) in [6.07, 6.45) is 2.13. The Balaban J connectivity index is 1.45. The highest BCUT2D eigenvalue weighted by molar-refractivity contribution is 5.89. The number of piperidine rings is 1. The summed E-state index contributed by atoms with van der Waals surface area (Å²) in [6, 6.07) is 1.33. The van der Waals surface area contributed by atoms with Crippen molar-refractivity contribution in [3.8, 4) is 17.1 Å². The van der Waals surface area contributed by atoms with E-state index in [9.17, 15) is 23.1 Å². The molecule has 1 aromatic carbocycles. The van der Waals surface area contributed by atoms with E-state index in [1.165, 1.54) is 29.8 Å². The van der Waals surface area contributed by atoms with Gasteiger partial charge in [-0.25, -0.2) is 18.2 Å². The van der Waals surface area contributed by atoms with Gasteiger partial charge >= 0.3 is 0 Å². The summed E-state index contributed by atoms with van der Waals surface area (Å²) in [4.78, 5) is 18.8. The summed E-state index contributed by atoms with van der Waals surface area (Å²) in [5.74, 6) is -3.07. The number of halogens is 3. The highest BCUT2D eigenvalue weighted by Crippen LogP contribution is 2.40. The van der Waals surface area contributed by atoms with Crippen LogP contribution in [0.4, 0.5) is 19.0 Å². The summed E-state index contributed by atoms with van der Waals surface area (Å²) < 4.78 is 44.4. The topological polar surface area (TPSA) is 96.2 Å². The number of pyridine rings is 1. The monoisotopic (exact) mass is 474 g/mol. The number of aromatic nitrogens is 4. The van der Waals surface area contributed by atoms with Crippen LogP contribution in [0.3, 0.4) is 0 Å². The molecule has 2 N–H and O–H groups in total. The lowest BCUT2D eigenvalue weighted by molar-refractivity contribution is -0.0128. The SMILES string of the molecule is CCn1c(C)c(F)c2cc(-c3ncc(N(C)[C@@H]4CC5CC(F)(F)C(C4)N5)nn3)c(O)cc2c1=O. The number of nitrogens with one attached hydrogen (secondary N) is 1. The molecule has 0 radical (unpaired) electrons. The fourth-order valence-electron chi connectivity index (χ4n) is 5.20. The largest absolute Gasteiger partial charge is 0.507 e. The van der Waals surface area contributed by atoms with Gasteiger partial charge in [-0.3, -0.25) is 4.79 Å². The molecule has 5 rings (SSSR count). The van der Waals surface area contributed by atoms with Gasteiger partial charge in [0.05, 0.1) is 28.9 Å². The number of alkyl halides is 2. The number of phenolic OH excluding ortho intramolecular Hbond substituents is 1. The first-order valence-corrected chi connectivity index (χ1v) is 11.2. The van der Waals surface area contributed by atoms with Crippen LogP contribution in [0.1, 0.15) is 31.9 Å². The van der Waals surface area contributed by atoms with E-state index < -0.39 is 23.3 Å². The molecule has 0 aliphatic carbocycles. The van der Waals surface area contributed by atoms with Crippen molar-refractivity contribution in [1.29, 1.82) is 0 Å². The molecule has 0 saturated carbocycles. The maximum atomic E-state index is 15.0. The molecule has 4 heterocycles. The molecule has 11 heteroatoms. The third-order valence-corrected chi connectivity index (χ3v) is 7.12. The van der Waals surface area contributed by atoms with Crippen LogP contribution in [0.5, 0.6) is 5.75 Å². The summed E-state index contributed by atoms with van der Waals surface area (Å²) in [5, 5.41) is 21.9. The smallest absolute Gasteiger partial charge is 0.264 e. The van der Waals surface area contributed by atoms with Crippen molar-refractivity contribution >= 4 is 16.6 Å². The Labute approximate surface area is 193 Å². The minimum Gasteiger partial charge on any atom is -0.507 e. The minimum absolute atomic E-state index is 0.0604. The molecule has 2 aliphatic rings. The van der Waals surface area contributed by atoms with Crippen LogP contribution in [0.25, 0.3) is 22.2 Å². The van der Waals surface area contributed by atoms with Gasteiger partial charge in [-0.2, -0.15) is 0 Å². The number of anilines is 1. The normalized spacial score (nSPS) is 23.4. The standard InChI is InChI=1S/C23H25F3N6O2/c1-4-32-11(2)20(24)14-7-16(17(33)8-15(14)22(32)34)21-27-10-19(29-30-21)31(3)13-5-12-9-23(25,26)18(6-13)28-12/h7-8,10,12-13,18,28,33H,4-6,9H2,1-3H3/t12?,13-,18?/m1/s1. The molecule has 34 heavy (non-hydrogen) atoms. The van der Waals surface area contributed by atoms with E-state index >= 15 is 0 Å². The second-order valence-corrected chi connectivity index (χ2v) is 9.12. The van der Waals surface area contributed by atoms with Crippen LogP contribution in [-0.4, -0.2) is 56.0 Å². The van der Waals surface area contributed by atoms with Crippen LogP contribution < -0.4 is 15.8 Å². The predicted octanol–water partition coefficient (Wildman–Crippen LogP) is 2.99. The van der Waals surface area contributed by atoms with Gasteiger partial charge in [0.1, 0.15) is 11.6 Å². The fraction of sp³-hybridized carbons (Fsp3) is 0.478. The molecule has 2 unspecified atom stereocenters. The molecule has 8 nitrogen and oxygen atoms in total. The van der Waals surface area contributed by atoms with Gasteiger partial charge in [-0.05, 0) is 38.8 Å². The Morgan fingerprint density at radius 3 is 2.68 bits per heavy atom. The van der Waals surface area contributed by atoms with E-state index in [0.717, 1.165) is 0 Å². The van der Waals surface area contributed by atoms with E-state index in [1.54, 1.807) is 18.9 Å². The van der Waals surface area contributed by atoms with E-state index in [-0.39, 0.29) is 58.5 Å². The Bertz CT molecular complexity index is 1330. The van der Waals surface area contributed by atoms with Crippen molar-refractivity contribution in [2.45, 2.75) is 63.7 Å². The minimum atomic E-state index is -2.71. The summed E-state index contributed by atoms with van der Waals surface area (Å²) in [6.45, 7) is 3.57. The van der Waals surface area contributed by atoms with E-state index in [0.29, 0.717) is 18.8 Å². The lowest BCUT2D eigenvalue weighted by Gasteiger charge is -2.35. The average Bonchev–Trinajstić information content (AvgIpc) is 3.03. The first kappa shape index (κ1) is 22.6. The molecule has 2 aromatic heterocycles. The first-order valence-electron chi connectivity index (χ1n) is 11.2. The van der Waals surface area contributed by atoms with Crippen LogP contribution >= 0.6 is 0 Å². The summed E-state index contributed by atoms with van der Waals surface area (Å²) in [5.41, 5.74) is -0.0503. The molecule has 180 valence electrons. The number of hydrogen-bond acceptors (Lipinski definition) is 7. The van der Waals surface area contributed by atoms with Gasteiger partial charge in [0.25, 0.3) is 11.5 Å². The number of benzene rings is 1. The summed E-state index contributed by atoms with van der Waals surface area (Å²) in [7, 11) is 1.77. The number of fused-ring (bicyclic) bond motifs is 3. The zero-order valence-electron chi connectivity index (χ0n) is 19.0. The van der Waals surface area contributed by atoms with Crippen molar-refractivity contribution in [2.75, 3.05) is 11.9 Å². The Kier molecular flexibility index (Phi) is 5.27. The number of rotatable bonds is 4.